The molecule has 0 aliphatic carbocycles. The molecular weight excluding hydrogens is 444 g/mol. The van der Waals surface area contributed by atoms with Gasteiger partial charge >= 0.3 is 42.1 Å². The van der Waals surface area contributed by atoms with Crippen molar-refractivity contribution in [2.24, 2.45) is 7.05 Å². The summed E-state index contributed by atoms with van der Waals surface area (Å²) in [7, 11) is 0.943. The number of amides is 1. The van der Waals surface area contributed by atoms with E-state index < -0.39 is 52.5 Å². The van der Waals surface area contributed by atoms with Crippen molar-refractivity contribution in [1.29, 1.82) is 0 Å². The van der Waals surface area contributed by atoms with Gasteiger partial charge in [0.2, 0.25) is 0 Å². The molecule has 0 bridgehead atoms. The molecule has 0 saturated carbocycles. The normalized spacial score (nSPS) is 14.4. The molecule has 0 atom stereocenters. The Balaban J connectivity index is 3.49. The first kappa shape index (κ1) is 24.7. The maximum atomic E-state index is 13.7. The topological polar surface area (TPSA) is 42.1 Å². The van der Waals surface area contributed by atoms with Gasteiger partial charge < -0.3 is 4.57 Å². The van der Waals surface area contributed by atoms with Crippen LogP contribution in [0.25, 0.3) is 0 Å². The molecule has 4 nitrogen and oxygen atoms in total. The number of nitroso groups, excluding NO2 is 1. The highest BCUT2D eigenvalue weighted by Gasteiger charge is 2.93. The predicted molar refractivity (Wildman–Crippen MR) is 68.8 cm³/mol. The number of halogens is 12. The molecule has 0 aliphatic rings. The number of aromatic nitrogens is 1. The lowest BCUT2D eigenvalue weighted by molar-refractivity contribution is -0.666. The third kappa shape index (κ3) is 3.25. The Labute approximate surface area is 152 Å². The van der Waals surface area contributed by atoms with E-state index in [1.807, 2.05) is 0 Å². The van der Waals surface area contributed by atoms with Crippen molar-refractivity contribution in [3.63, 3.8) is 0 Å². The lowest BCUT2D eigenvalue weighted by atomic mass is 9.97. The van der Waals surface area contributed by atoms with E-state index in [0.29, 0.717) is 10.6 Å². The van der Waals surface area contributed by atoms with Gasteiger partial charge in [-0.2, -0.15) is 35.1 Å². The largest absolute Gasteiger partial charge is 0.582 e. The molecule has 0 fully saturated rings. The van der Waals surface area contributed by atoms with Crippen LogP contribution in [0.5, 0.6) is 0 Å². The summed E-state index contributed by atoms with van der Waals surface area (Å²) in [6.45, 7) is 1.22. The monoisotopic (exact) mass is 453 g/mol. The van der Waals surface area contributed by atoms with Crippen LogP contribution >= 0.6 is 0 Å². The fourth-order valence-corrected chi connectivity index (χ4v) is 1.92. The Hall–Kier alpha value is -2.29. The molecule has 1 amide bonds. The number of carbonyl (C=O) groups excluding carboxylic acids is 1. The molecule has 1 aromatic heterocycles. The van der Waals surface area contributed by atoms with Gasteiger partial charge in [0.25, 0.3) is 0 Å². The van der Waals surface area contributed by atoms with Gasteiger partial charge in [-0.1, -0.05) is 0 Å². The fourth-order valence-electron chi connectivity index (χ4n) is 1.92. The molecule has 1 rings (SSSR count). The molecule has 16 heteroatoms. The van der Waals surface area contributed by atoms with Gasteiger partial charge in [0.1, 0.15) is 0 Å². The molecular formula is C13H9F12N2O2+. The average molecular weight is 453 g/mol. The average Bonchev–Trinajstić information content (AvgIpc) is 2.91. The summed E-state index contributed by atoms with van der Waals surface area (Å²) in [5.41, 5.74) is -1.01. The van der Waals surface area contributed by atoms with Crippen LogP contribution in [0.4, 0.5) is 52.7 Å². The molecule has 0 aliphatic heterocycles. The zero-order chi connectivity index (χ0) is 23.4. The van der Waals surface area contributed by atoms with E-state index in [1.165, 1.54) is 6.92 Å². The van der Waals surface area contributed by atoms with Gasteiger partial charge in [-0.3, -0.25) is 0 Å². The van der Waals surface area contributed by atoms with E-state index in [9.17, 15) is 62.4 Å². The predicted octanol–water partition coefficient (Wildman–Crippen LogP) is 4.65. The van der Waals surface area contributed by atoms with E-state index in [0.717, 1.165) is 13.1 Å². The fraction of sp³-hybridized carbons (Fsp3) is 0.615. The smallest absolute Gasteiger partial charge is 0.340 e. The van der Waals surface area contributed by atoms with Crippen molar-refractivity contribution in [2.45, 2.75) is 43.1 Å². The van der Waals surface area contributed by atoms with Crippen LogP contribution in [-0.2, 0) is 7.05 Å². The third-order valence-corrected chi connectivity index (χ3v) is 3.89. The summed E-state index contributed by atoms with van der Waals surface area (Å²) in [6.07, 6.45) is -5.66. The molecule has 0 aromatic carbocycles. The van der Waals surface area contributed by atoms with Crippen molar-refractivity contribution in [3.05, 3.63) is 28.4 Å². The molecule has 0 saturated heterocycles. The molecule has 0 N–H and O–H groups in total. The van der Waals surface area contributed by atoms with E-state index in [-0.39, 0.29) is 5.69 Å². The standard InChI is InChI=1S/C13H9F12N2O2/c1-5-3-4-6(26(5)2)7(28)27(29)13(24,25)12(22,23)11(20,21)10(18,19)9(16,17)8(14)15/h3-4,8H,1-2H3/q+1. The third-order valence-electron chi connectivity index (χ3n) is 3.89. The lowest BCUT2D eigenvalue weighted by Crippen LogP contribution is -2.70. The summed E-state index contributed by atoms with van der Waals surface area (Å²) in [6, 6.07) is -5.45. The van der Waals surface area contributed by atoms with Gasteiger partial charge in [0.15, 0.2) is 10.5 Å². The molecule has 1 heterocycles. The van der Waals surface area contributed by atoms with Gasteiger partial charge in [-0.25, -0.2) is 13.6 Å². The molecule has 166 valence electrons. The molecule has 29 heavy (non-hydrogen) atoms. The van der Waals surface area contributed by atoms with Crippen LogP contribution in [0.15, 0.2) is 12.1 Å². The Morgan fingerprint density at radius 3 is 1.69 bits per heavy atom. The van der Waals surface area contributed by atoms with Gasteiger partial charge in [0, 0.05) is 17.6 Å². The highest BCUT2D eigenvalue weighted by atomic mass is 19.4. The Morgan fingerprint density at radius 1 is 0.897 bits per heavy atom. The molecule has 1 aromatic rings. The summed E-state index contributed by atoms with van der Waals surface area (Å²) in [5, 5.41) is 0. The SMILES string of the molecule is Cc1ccc(C(=O)[N+](=O)C(F)(F)C(F)(F)C(F)(F)C(F)(F)C(F)(F)C(F)F)n1C. The maximum Gasteiger partial charge on any atom is 0.582 e. The second kappa shape index (κ2) is 6.90. The minimum absolute atomic E-state index is 0.0743. The number of alkyl halides is 12. The summed E-state index contributed by atoms with van der Waals surface area (Å²) >= 11 is 0. The number of hydrogen-bond acceptors (Lipinski definition) is 2. The maximum absolute atomic E-state index is 13.7. The van der Waals surface area contributed by atoms with Gasteiger partial charge in [-0.15, -0.1) is 8.78 Å². The molecule has 0 radical (unpaired) electrons. The highest BCUT2D eigenvalue weighted by molar-refractivity contribution is 5.86. The van der Waals surface area contributed by atoms with Gasteiger partial charge in [0.05, 0.1) is 0 Å². The number of rotatable bonds is 7. The van der Waals surface area contributed by atoms with Crippen LogP contribution < -0.4 is 0 Å². The van der Waals surface area contributed by atoms with Crippen LogP contribution in [0.2, 0.25) is 0 Å². The van der Waals surface area contributed by atoms with E-state index in [4.69, 9.17) is 0 Å². The van der Waals surface area contributed by atoms with Crippen molar-refractivity contribution < 1.29 is 62.2 Å². The van der Waals surface area contributed by atoms with E-state index in [2.05, 4.69) is 0 Å². The second-order valence-corrected chi connectivity index (χ2v) is 5.71. The number of carbonyl (C=O) groups is 1. The highest BCUT2D eigenvalue weighted by Crippen LogP contribution is 2.58. The lowest BCUT2D eigenvalue weighted by Gasteiger charge is -2.35. The summed E-state index contributed by atoms with van der Waals surface area (Å²) in [5.74, 6) is -33.1. The van der Waals surface area contributed by atoms with Gasteiger partial charge in [-0.05, 0) is 19.1 Å². The second-order valence-electron chi connectivity index (χ2n) is 5.71. The van der Waals surface area contributed by atoms with Crippen molar-refractivity contribution in [1.82, 2.24) is 4.57 Å². The number of hydrogen-bond donors (Lipinski definition) is 0. The number of aryl methyl sites for hydroxylation is 1. The van der Waals surface area contributed by atoms with Crippen molar-refractivity contribution in [3.8, 4) is 0 Å². The quantitative estimate of drug-likeness (QED) is 0.343. The number of nitrogens with zero attached hydrogens (tertiary/aromatic N) is 2. The van der Waals surface area contributed by atoms with E-state index >= 15 is 0 Å². The van der Waals surface area contributed by atoms with Crippen LogP contribution in [0.1, 0.15) is 16.2 Å². The van der Waals surface area contributed by atoms with Crippen LogP contribution in [0, 0.1) is 11.8 Å². The summed E-state index contributed by atoms with van der Waals surface area (Å²) in [4.78, 5) is 23.0. The Morgan fingerprint density at radius 2 is 1.34 bits per heavy atom. The van der Waals surface area contributed by atoms with Crippen LogP contribution in [-0.4, -0.2) is 51.4 Å². The van der Waals surface area contributed by atoms with Crippen molar-refractivity contribution in [2.75, 3.05) is 0 Å². The zero-order valence-electron chi connectivity index (χ0n) is 14.0. The minimum Gasteiger partial charge on any atom is -0.340 e. The summed E-state index contributed by atoms with van der Waals surface area (Å²) < 4.78 is 155. The van der Waals surface area contributed by atoms with E-state index in [1.54, 1.807) is 0 Å². The van der Waals surface area contributed by atoms with Crippen molar-refractivity contribution >= 4 is 5.91 Å². The minimum atomic E-state index is -7.89. The first-order chi connectivity index (χ1) is 12.7. The molecule has 0 spiro atoms. The first-order valence-corrected chi connectivity index (χ1v) is 7.00. The molecule has 0 unspecified atom stereocenters. The zero-order valence-corrected chi connectivity index (χ0v) is 14.0. The Kier molecular flexibility index (Phi) is 5.89. The Bertz CT molecular complexity index is 815. The van der Waals surface area contributed by atoms with Crippen LogP contribution in [0.3, 0.4) is 0 Å². The first-order valence-electron chi connectivity index (χ1n) is 7.00.